The average molecular weight is 532 g/mol. The summed E-state index contributed by atoms with van der Waals surface area (Å²) >= 11 is 0. The molecule has 38 heavy (non-hydrogen) atoms. The lowest BCUT2D eigenvalue weighted by molar-refractivity contribution is -0.150. The first-order valence-corrected chi connectivity index (χ1v) is 13.4. The number of anilines is 1. The fraction of sp³-hybridized carbons (Fsp3) is 0.679. The normalized spacial score (nSPS) is 21.0. The second kappa shape index (κ2) is 11.1. The van der Waals surface area contributed by atoms with Crippen molar-refractivity contribution in [2.75, 3.05) is 44.9 Å². The molecular weight excluding hydrogens is 490 g/mol. The van der Waals surface area contributed by atoms with E-state index in [1.807, 2.05) is 43.9 Å². The molecule has 1 atom stereocenters. The highest BCUT2D eigenvalue weighted by Gasteiger charge is 2.42. The van der Waals surface area contributed by atoms with Crippen molar-refractivity contribution in [1.29, 1.82) is 0 Å². The Hall–Kier alpha value is -2.85. The molecule has 10 heteroatoms. The topological polar surface area (TPSA) is 97.9 Å². The van der Waals surface area contributed by atoms with Crippen molar-refractivity contribution >= 4 is 23.6 Å². The number of nitrogens with zero attached hydrogens (tertiary/aromatic N) is 3. The molecule has 0 N–H and O–H groups in total. The van der Waals surface area contributed by atoms with E-state index in [1.165, 1.54) is 0 Å². The number of carbonyl (C=O) groups excluding carboxylic acids is 3. The smallest absolute Gasteiger partial charge is 0.410 e. The minimum atomic E-state index is -0.994. The molecule has 2 heterocycles. The largest absolute Gasteiger partial charge is 0.476 e. The maximum absolute atomic E-state index is 13.6. The Balaban J connectivity index is 1.48. The van der Waals surface area contributed by atoms with Crippen LogP contribution < -0.4 is 9.64 Å². The van der Waals surface area contributed by atoms with E-state index in [-0.39, 0.29) is 31.0 Å². The van der Waals surface area contributed by atoms with Crippen LogP contribution in [0.15, 0.2) is 18.2 Å². The number of rotatable bonds is 8. The summed E-state index contributed by atoms with van der Waals surface area (Å²) in [5.41, 5.74) is 0.0289. The van der Waals surface area contributed by atoms with Gasteiger partial charge in [-0.05, 0) is 71.6 Å². The van der Waals surface area contributed by atoms with Gasteiger partial charge in [-0.3, -0.25) is 9.59 Å². The van der Waals surface area contributed by atoms with Gasteiger partial charge in [0.15, 0.2) is 11.7 Å². The van der Waals surface area contributed by atoms with E-state index in [4.69, 9.17) is 18.9 Å². The zero-order valence-corrected chi connectivity index (χ0v) is 23.5. The van der Waals surface area contributed by atoms with Crippen LogP contribution in [0.4, 0.5) is 10.5 Å². The van der Waals surface area contributed by atoms with Crippen LogP contribution in [0.1, 0.15) is 59.4 Å². The van der Waals surface area contributed by atoms with Crippen LogP contribution in [0.25, 0.3) is 0 Å². The number of hydrogen-bond acceptors (Lipinski definition) is 7. The van der Waals surface area contributed by atoms with Gasteiger partial charge in [0.2, 0.25) is 0 Å². The molecule has 0 radical (unpaired) electrons. The van der Waals surface area contributed by atoms with E-state index in [0.717, 1.165) is 24.1 Å². The van der Waals surface area contributed by atoms with Crippen molar-refractivity contribution in [3.8, 4) is 5.75 Å². The lowest BCUT2D eigenvalue weighted by Gasteiger charge is -2.39. The molecule has 1 aromatic rings. The van der Waals surface area contributed by atoms with Crippen LogP contribution in [-0.4, -0.2) is 91.0 Å². The van der Waals surface area contributed by atoms with E-state index in [1.54, 1.807) is 30.8 Å². The number of amides is 3. The molecule has 1 aromatic carbocycles. The predicted octanol–water partition coefficient (Wildman–Crippen LogP) is 3.35. The summed E-state index contributed by atoms with van der Waals surface area (Å²) in [6.45, 7) is 11.3. The van der Waals surface area contributed by atoms with Gasteiger partial charge in [-0.1, -0.05) is 6.07 Å². The lowest BCUT2D eigenvalue weighted by Crippen LogP contribution is -2.53. The van der Waals surface area contributed by atoms with Gasteiger partial charge >= 0.3 is 6.09 Å². The van der Waals surface area contributed by atoms with E-state index in [0.29, 0.717) is 38.4 Å². The zero-order chi connectivity index (χ0) is 27.7. The van der Waals surface area contributed by atoms with Crippen LogP contribution in [0.5, 0.6) is 5.75 Å². The van der Waals surface area contributed by atoms with Gasteiger partial charge in [0.1, 0.15) is 11.4 Å². The van der Waals surface area contributed by atoms with E-state index in [9.17, 15) is 14.4 Å². The van der Waals surface area contributed by atoms with Crippen LogP contribution in [-0.2, 0) is 30.3 Å². The Kier molecular flexibility index (Phi) is 8.23. The van der Waals surface area contributed by atoms with Crippen LogP contribution in [0.2, 0.25) is 0 Å². The molecule has 210 valence electrons. The second-order valence-corrected chi connectivity index (χ2v) is 11.7. The van der Waals surface area contributed by atoms with Crippen molar-refractivity contribution in [2.24, 2.45) is 0 Å². The first-order valence-electron chi connectivity index (χ1n) is 13.4. The van der Waals surface area contributed by atoms with Crippen molar-refractivity contribution < 1.29 is 33.3 Å². The Morgan fingerprint density at radius 3 is 2.61 bits per heavy atom. The third-order valence-corrected chi connectivity index (χ3v) is 6.79. The summed E-state index contributed by atoms with van der Waals surface area (Å²) in [4.78, 5) is 44.4. The molecule has 2 aliphatic heterocycles. The van der Waals surface area contributed by atoms with Crippen LogP contribution in [0, 0.1) is 0 Å². The molecule has 3 aliphatic rings. The zero-order valence-electron chi connectivity index (χ0n) is 23.5. The Morgan fingerprint density at radius 2 is 1.95 bits per heavy atom. The van der Waals surface area contributed by atoms with Gasteiger partial charge in [-0.15, -0.1) is 0 Å². The maximum Gasteiger partial charge on any atom is 0.410 e. The standard InChI is InChI=1S/C28H41N3O7/c1-27(2,3)38-26(34)29-13-15-36-23(18-29)24(32)31(20-9-10-20)17-19-8-11-21-22(16-19)37-28(4,5)25(33)30(21)12-7-14-35-6/h8,11,16,20,23H,7,9-10,12-15,17-18H2,1-6H3/t23-/m1/s1. The number of benzene rings is 1. The van der Waals surface area contributed by atoms with Gasteiger partial charge in [-0.2, -0.15) is 0 Å². The highest BCUT2D eigenvalue weighted by Crippen LogP contribution is 2.39. The summed E-state index contributed by atoms with van der Waals surface area (Å²) in [7, 11) is 1.64. The summed E-state index contributed by atoms with van der Waals surface area (Å²) in [5, 5.41) is 0. The fourth-order valence-corrected chi connectivity index (χ4v) is 4.75. The fourth-order valence-electron chi connectivity index (χ4n) is 4.75. The molecule has 0 spiro atoms. The molecule has 0 bridgehead atoms. The summed E-state index contributed by atoms with van der Waals surface area (Å²) < 4.78 is 22.6. The Bertz CT molecular complexity index is 1050. The first-order chi connectivity index (χ1) is 17.9. The van der Waals surface area contributed by atoms with Gasteiger partial charge in [0, 0.05) is 39.4 Å². The number of methoxy groups -OCH3 is 1. The van der Waals surface area contributed by atoms with Crippen molar-refractivity contribution in [1.82, 2.24) is 9.80 Å². The second-order valence-electron chi connectivity index (χ2n) is 11.7. The Labute approximate surface area is 225 Å². The minimum absolute atomic E-state index is 0.0902. The van der Waals surface area contributed by atoms with Crippen molar-refractivity contribution in [3.63, 3.8) is 0 Å². The molecule has 10 nitrogen and oxygen atoms in total. The molecular formula is C28H41N3O7. The lowest BCUT2D eigenvalue weighted by atomic mass is 10.0. The summed E-state index contributed by atoms with van der Waals surface area (Å²) in [6.07, 6.45) is 1.41. The van der Waals surface area contributed by atoms with E-state index < -0.39 is 23.4 Å². The number of hydrogen-bond donors (Lipinski definition) is 0. The van der Waals surface area contributed by atoms with Gasteiger partial charge in [0.05, 0.1) is 18.8 Å². The van der Waals surface area contributed by atoms with Crippen molar-refractivity contribution in [2.45, 2.75) is 83.8 Å². The number of carbonyl (C=O) groups is 3. The third kappa shape index (κ3) is 6.58. The molecule has 1 saturated heterocycles. The highest BCUT2D eigenvalue weighted by atomic mass is 16.6. The van der Waals surface area contributed by atoms with Crippen LogP contribution in [0.3, 0.4) is 0 Å². The molecule has 1 aliphatic carbocycles. The molecule has 0 unspecified atom stereocenters. The Morgan fingerprint density at radius 1 is 1.21 bits per heavy atom. The van der Waals surface area contributed by atoms with E-state index in [2.05, 4.69) is 0 Å². The van der Waals surface area contributed by atoms with E-state index >= 15 is 0 Å². The predicted molar refractivity (Wildman–Crippen MR) is 141 cm³/mol. The molecule has 3 amide bonds. The van der Waals surface area contributed by atoms with Crippen LogP contribution >= 0.6 is 0 Å². The van der Waals surface area contributed by atoms with Gasteiger partial charge < -0.3 is 33.6 Å². The maximum atomic E-state index is 13.6. The molecule has 0 aromatic heterocycles. The minimum Gasteiger partial charge on any atom is -0.476 e. The summed E-state index contributed by atoms with van der Waals surface area (Å²) in [5.74, 6) is 0.404. The van der Waals surface area contributed by atoms with Gasteiger partial charge in [-0.25, -0.2) is 4.79 Å². The number of morpholine rings is 1. The van der Waals surface area contributed by atoms with Crippen molar-refractivity contribution in [3.05, 3.63) is 23.8 Å². The number of ether oxygens (including phenoxy) is 4. The third-order valence-electron chi connectivity index (χ3n) is 6.79. The number of fused-ring (bicyclic) bond motifs is 1. The molecule has 2 fully saturated rings. The summed E-state index contributed by atoms with van der Waals surface area (Å²) in [6, 6.07) is 5.89. The highest BCUT2D eigenvalue weighted by molar-refractivity contribution is 6.02. The molecule has 1 saturated carbocycles. The first kappa shape index (κ1) is 28.2. The SMILES string of the molecule is COCCCN1C(=O)C(C)(C)Oc2cc(CN(C(=O)[C@H]3CN(C(=O)OC(C)(C)C)CCO3)C3CC3)ccc21. The molecule has 4 rings (SSSR count). The van der Waals surface area contributed by atoms with Gasteiger partial charge in [0.25, 0.3) is 11.8 Å². The average Bonchev–Trinajstić information content (AvgIpc) is 3.69. The monoisotopic (exact) mass is 531 g/mol. The quantitative estimate of drug-likeness (QED) is 0.475.